The van der Waals surface area contributed by atoms with Crippen LogP contribution in [0.5, 0.6) is 0 Å². The molecule has 0 aromatic heterocycles. The van der Waals surface area contributed by atoms with Crippen LogP contribution >= 0.6 is 15.9 Å². The number of amides is 1. The molecule has 3 nitrogen and oxygen atoms in total. The van der Waals surface area contributed by atoms with Crippen LogP contribution in [0, 0.1) is 0 Å². The van der Waals surface area contributed by atoms with Crippen molar-refractivity contribution in [1.82, 2.24) is 0 Å². The molecule has 1 heterocycles. The lowest BCUT2D eigenvalue weighted by atomic mass is 10.1. The van der Waals surface area contributed by atoms with Crippen molar-refractivity contribution in [1.29, 1.82) is 0 Å². The van der Waals surface area contributed by atoms with E-state index in [1.165, 1.54) is 0 Å². The van der Waals surface area contributed by atoms with Gasteiger partial charge < -0.3 is 10.4 Å². The van der Waals surface area contributed by atoms with Gasteiger partial charge in [-0.15, -0.1) is 0 Å². The van der Waals surface area contributed by atoms with Crippen LogP contribution in [0.4, 0.5) is 5.69 Å². The zero-order chi connectivity index (χ0) is 9.42. The largest absolute Gasteiger partial charge is 0.392 e. The molecule has 0 fully saturated rings. The normalized spacial score (nSPS) is 14.2. The van der Waals surface area contributed by atoms with Crippen molar-refractivity contribution in [3.63, 3.8) is 0 Å². The molecule has 0 saturated heterocycles. The van der Waals surface area contributed by atoms with Gasteiger partial charge in [0.05, 0.1) is 18.7 Å². The summed E-state index contributed by atoms with van der Waals surface area (Å²) in [5, 5.41) is 11.8. The van der Waals surface area contributed by atoms with Crippen molar-refractivity contribution in [3.05, 3.63) is 27.7 Å². The summed E-state index contributed by atoms with van der Waals surface area (Å²) in [5.41, 5.74) is 2.48. The minimum atomic E-state index is -0.0535. The van der Waals surface area contributed by atoms with Crippen molar-refractivity contribution < 1.29 is 9.90 Å². The lowest BCUT2D eigenvalue weighted by Crippen LogP contribution is -2.04. The first kappa shape index (κ1) is 8.72. The number of carbonyl (C=O) groups is 1. The first-order valence-corrected chi connectivity index (χ1v) is 4.72. The van der Waals surface area contributed by atoms with Crippen LogP contribution in [-0.4, -0.2) is 11.0 Å². The van der Waals surface area contributed by atoms with Gasteiger partial charge in [0.1, 0.15) is 0 Å². The van der Waals surface area contributed by atoms with Crippen LogP contribution in [-0.2, 0) is 17.8 Å². The summed E-state index contributed by atoms with van der Waals surface area (Å²) in [7, 11) is 0. The van der Waals surface area contributed by atoms with Gasteiger partial charge in [0.15, 0.2) is 0 Å². The molecule has 2 rings (SSSR count). The molecular formula is C9H8BrNO2. The van der Waals surface area contributed by atoms with Gasteiger partial charge in [0.25, 0.3) is 0 Å². The number of benzene rings is 1. The van der Waals surface area contributed by atoms with Gasteiger partial charge in [-0.2, -0.15) is 0 Å². The number of rotatable bonds is 1. The number of fused-ring (bicyclic) bond motifs is 1. The van der Waals surface area contributed by atoms with Crippen LogP contribution in [0.1, 0.15) is 11.1 Å². The molecule has 1 aromatic rings. The van der Waals surface area contributed by atoms with Crippen molar-refractivity contribution in [2.45, 2.75) is 13.0 Å². The first-order valence-electron chi connectivity index (χ1n) is 3.92. The fraction of sp³-hybridized carbons (Fsp3) is 0.222. The Morgan fingerprint density at radius 2 is 2.31 bits per heavy atom. The summed E-state index contributed by atoms with van der Waals surface area (Å²) in [6.07, 6.45) is 0.405. The van der Waals surface area contributed by atoms with Gasteiger partial charge >= 0.3 is 0 Å². The van der Waals surface area contributed by atoms with E-state index in [-0.39, 0.29) is 12.5 Å². The highest BCUT2D eigenvalue weighted by atomic mass is 79.9. The predicted molar refractivity (Wildman–Crippen MR) is 52.4 cm³/mol. The minimum Gasteiger partial charge on any atom is -0.392 e. The molecule has 0 bridgehead atoms. The van der Waals surface area contributed by atoms with E-state index >= 15 is 0 Å². The Balaban J connectivity index is 2.56. The number of halogens is 1. The average molecular weight is 242 g/mol. The highest BCUT2D eigenvalue weighted by molar-refractivity contribution is 9.10. The summed E-state index contributed by atoms with van der Waals surface area (Å²) in [5.74, 6) is -0.0113. The first-order chi connectivity index (χ1) is 6.20. The van der Waals surface area contributed by atoms with Crippen molar-refractivity contribution in [2.75, 3.05) is 5.32 Å². The maximum Gasteiger partial charge on any atom is 0.228 e. The highest BCUT2D eigenvalue weighted by Crippen LogP contribution is 2.30. The van der Waals surface area contributed by atoms with E-state index in [9.17, 15) is 4.79 Å². The third kappa shape index (κ3) is 1.47. The lowest BCUT2D eigenvalue weighted by molar-refractivity contribution is -0.115. The zero-order valence-electron chi connectivity index (χ0n) is 6.80. The number of hydrogen-bond acceptors (Lipinski definition) is 2. The fourth-order valence-corrected chi connectivity index (χ4v) is 2.06. The summed E-state index contributed by atoms with van der Waals surface area (Å²) in [6, 6.07) is 3.71. The number of carbonyl (C=O) groups excluding carboxylic acids is 1. The summed E-state index contributed by atoms with van der Waals surface area (Å²) >= 11 is 3.33. The van der Waals surface area contributed by atoms with Gasteiger partial charge in [-0.3, -0.25) is 4.79 Å². The molecule has 0 spiro atoms. The third-order valence-corrected chi connectivity index (χ3v) is 2.51. The summed E-state index contributed by atoms with van der Waals surface area (Å²) in [6.45, 7) is -0.0535. The van der Waals surface area contributed by atoms with Crippen LogP contribution < -0.4 is 5.32 Å². The van der Waals surface area contributed by atoms with Gasteiger partial charge in [0.2, 0.25) is 5.91 Å². The quantitative estimate of drug-likeness (QED) is 0.782. The smallest absolute Gasteiger partial charge is 0.228 e. The zero-order valence-corrected chi connectivity index (χ0v) is 8.39. The fourth-order valence-electron chi connectivity index (χ4n) is 1.51. The third-order valence-electron chi connectivity index (χ3n) is 2.05. The van der Waals surface area contributed by atoms with E-state index < -0.39 is 0 Å². The standard InChI is InChI=1S/C9H8BrNO2/c10-7-1-5-3-8(13)11-9(5)6(2-7)4-12/h1-2,12H,3-4H2,(H,11,13). The molecule has 1 aromatic carbocycles. The second-order valence-electron chi connectivity index (χ2n) is 2.98. The number of hydrogen-bond donors (Lipinski definition) is 2. The molecule has 1 amide bonds. The maximum atomic E-state index is 11.1. The lowest BCUT2D eigenvalue weighted by Gasteiger charge is -2.05. The number of aliphatic hydroxyl groups excluding tert-OH is 1. The molecule has 0 aliphatic carbocycles. The molecule has 0 atom stereocenters. The van der Waals surface area contributed by atoms with Crippen molar-refractivity contribution in [3.8, 4) is 0 Å². The highest BCUT2D eigenvalue weighted by Gasteiger charge is 2.20. The molecule has 0 saturated carbocycles. The molecule has 1 aliphatic heterocycles. The Labute approximate surface area is 83.9 Å². The molecule has 4 heteroatoms. The SMILES string of the molecule is O=C1Cc2cc(Br)cc(CO)c2N1. The van der Waals surface area contributed by atoms with Crippen molar-refractivity contribution in [2.24, 2.45) is 0 Å². The van der Waals surface area contributed by atoms with E-state index in [0.717, 1.165) is 21.3 Å². The van der Waals surface area contributed by atoms with Crippen LogP contribution in [0.25, 0.3) is 0 Å². The molecule has 1 aliphatic rings. The second kappa shape index (κ2) is 3.12. The van der Waals surface area contributed by atoms with E-state index in [1.807, 2.05) is 12.1 Å². The molecule has 68 valence electrons. The Morgan fingerprint density at radius 1 is 1.54 bits per heavy atom. The van der Waals surface area contributed by atoms with Crippen LogP contribution in [0.2, 0.25) is 0 Å². The summed E-state index contributed by atoms with van der Waals surface area (Å²) < 4.78 is 0.895. The second-order valence-corrected chi connectivity index (χ2v) is 3.90. The van der Waals surface area contributed by atoms with Gasteiger partial charge in [0, 0.05) is 10.0 Å². The predicted octanol–water partition coefficient (Wildman–Crippen LogP) is 1.44. The van der Waals surface area contributed by atoms with E-state index in [0.29, 0.717) is 6.42 Å². The topological polar surface area (TPSA) is 49.3 Å². The molecular weight excluding hydrogens is 234 g/mol. The number of nitrogens with one attached hydrogen (secondary N) is 1. The van der Waals surface area contributed by atoms with Gasteiger partial charge in [-0.05, 0) is 17.7 Å². The Bertz CT molecular complexity index is 376. The van der Waals surface area contributed by atoms with E-state index in [1.54, 1.807) is 0 Å². The molecule has 0 radical (unpaired) electrons. The minimum absolute atomic E-state index is 0.0113. The molecule has 2 N–H and O–H groups in total. The molecule has 13 heavy (non-hydrogen) atoms. The Kier molecular flexibility index (Phi) is 2.09. The Hall–Kier alpha value is -0.870. The van der Waals surface area contributed by atoms with Crippen LogP contribution in [0.3, 0.4) is 0 Å². The van der Waals surface area contributed by atoms with E-state index in [4.69, 9.17) is 5.11 Å². The maximum absolute atomic E-state index is 11.1. The number of anilines is 1. The van der Waals surface area contributed by atoms with Gasteiger partial charge in [-0.25, -0.2) is 0 Å². The number of aliphatic hydroxyl groups is 1. The average Bonchev–Trinajstić information content (AvgIpc) is 2.43. The van der Waals surface area contributed by atoms with Crippen LogP contribution in [0.15, 0.2) is 16.6 Å². The van der Waals surface area contributed by atoms with E-state index in [2.05, 4.69) is 21.2 Å². The molecule has 0 unspecified atom stereocenters. The van der Waals surface area contributed by atoms with Gasteiger partial charge in [-0.1, -0.05) is 15.9 Å². The van der Waals surface area contributed by atoms with Crippen molar-refractivity contribution >= 4 is 27.5 Å². The summed E-state index contributed by atoms with van der Waals surface area (Å²) in [4.78, 5) is 11.1. The monoisotopic (exact) mass is 241 g/mol. The Morgan fingerprint density at radius 3 is 3.00 bits per heavy atom.